The van der Waals surface area contributed by atoms with Gasteiger partial charge in [0.2, 0.25) is 0 Å². The number of ether oxygens (including phenoxy) is 2. The average Bonchev–Trinajstić information content (AvgIpc) is 3.13. The van der Waals surface area contributed by atoms with E-state index in [0.717, 1.165) is 16.5 Å². The average molecular weight is 437 g/mol. The molecule has 0 aliphatic heterocycles. The fraction of sp³-hybridized carbons (Fsp3) is 0.450. The number of rotatable bonds is 10. The van der Waals surface area contributed by atoms with Crippen molar-refractivity contribution < 1.29 is 23.9 Å². The van der Waals surface area contributed by atoms with Gasteiger partial charge in [0, 0.05) is 23.5 Å². The Morgan fingerprint density at radius 1 is 1.07 bits per heavy atom. The SMILES string of the molecule is CSCC[C@H](N)C(=O)O[C@H](C)[C@H](N)C(=O)OC(=O)[C@@H](N)Cc1c[nH]c2ccccc12. The maximum Gasteiger partial charge on any atom is 0.334 e. The van der Waals surface area contributed by atoms with Crippen molar-refractivity contribution in [1.82, 2.24) is 4.98 Å². The Morgan fingerprint density at radius 3 is 2.47 bits per heavy atom. The minimum absolute atomic E-state index is 0.181. The van der Waals surface area contributed by atoms with Crippen molar-refractivity contribution in [2.45, 2.75) is 44.0 Å². The highest BCUT2D eigenvalue weighted by molar-refractivity contribution is 7.98. The summed E-state index contributed by atoms with van der Waals surface area (Å²) in [5.74, 6) is -1.90. The summed E-state index contributed by atoms with van der Waals surface area (Å²) in [7, 11) is 0. The van der Waals surface area contributed by atoms with Gasteiger partial charge < -0.3 is 31.7 Å². The van der Waals surface area contributed by atoms with Crippen LogP contribution in [0.15, 0.2) is 30.5 Å². The molecule has 0 aliphatic carbocycles. The molecule has 10 heteroatoms. The first kappa shape index (κ1) is 23.9. The lowest BCUT2D eigenvalue weighted by Crippen LogP contribution is -2.48. The minimum atomic E-state index is -1.34. The Hall–Kier alpha value is -2.40. The van der Waals surface area contributed by atoms with Crippen LogP contribution >= 0.6 is 11.8 Å². The zero-order chi connectivity index (χ0) is 22.3. The minimum Gasteiger partial charge on any atom is -0.459 e. The number of esters is 3. The molecule has 164 valence electrons. The van der Waals surface area contributed by atoms with Crippen molar-refractivity contribution in [1.29, 1.82) is 0 Å². The van der Waals surface area contributed by atoms with Gasteiger partial charge in [-0.15, -0.1) is 0 Å². The van der Waals surface area contributed by atoms with Crippen LogP contribution in [0.2, 0.25) is 0 Å². The topological polar surface area (TPSA) is 164 Å². The number of nitrogens with two attached hydrogens (primary N) is 3. The molecule has 1 aromatic heterocycles. The smallest absolute Gasteiger partial charge is 0.334 e. The monoisotopic (exact) mass is 436 g/mol. The standard InChI is InChI=1S/C20H28N4O5S/c1-11(28-18(25)14(21)7-8-30-2)17(23)20(27)29-19(26)15(22)9-12-10-24-16-6-4-3-5-13(12)16/h3-6,10-11,14-15,17,24H,7-9,21-23H2,1-2H3/t11-,14+,15+,17+/m1/s1. The number of hydrogen-bond acceptors (Lipinski definition) is 9. The first-order valence-electron chi connectivity index (χ1n) is 9.51. The van der Waals surface area contributed by atoms with Crippen LogP contribution in [0.4, 0.5) is 0 Å². The molecule has 0 amide bonds. The van der Waals surface area contributed by atoms with Gasteiger partial charge in [0.15, 0.2) is 0 Å². The third-order valence-electron chi connectivity index (χ3n) is 4.63. The van der Waals surface area contributed by atoms with Crippen molar-refractivity contribution in [3.63, 3.8) is 0 Å². The van der Waals surface area contributed by atoms with Crippen LogP contribution in [0.3, 0.4) is 0 Å². The van der Waals surface area contributed by atoms with E-state index in [9.17, 15) is 14.4 Å². The molecule has 0 saturated carbocycles. The number of aromatic amines is 1. The molecule has 7 N–H and O–H groups in total. The van der Waals surface area contributed by atoms with Gasteiger partial charge in [-0.3, -0.25) is 4.79 Å². The van der Waals surface area contributed by atoms with E-state index in [0.29, 0.717) is 12.2 Å². The zero-order valence-corrected chi connectivity index (χ0v) is 17.8. The van der Waals surface area contributed by atoms with E-state index in [-0.39, 0.29) is 6.42 Å². The number of carbonyl (C=O) groups excluding carboxylic acids is 3. The second-order valence-electron chi connectivity index (χ2n) is 6.97. The molecule has 0 saturated heterocycles. The van der Waals surface area contributed by atoms with Crippen molar-refractivity contribution in [3.05, 3.63) is 36.0 Å². The van der Waals surface area contributed by atoms with Gasteiger partial charge in [0.1, 0.15) is 24.2 Å². The molecular weight excluding hydrogens is 408 g/mol. The van der Waals surface area contributed by atoms with Crippen molar-refractivity contribution >= 4 is 40.6 Å². The molecule has 2 aromatic rings. The number of hydrogen-bond donors (Lipinski definition) is 4. The summed E-state index contributed by atoms with van der Waals surface area (Å²) >= 11 is 1.55. The summed E-state index contributed by atoms with van der Waals surface area (Å²) in [6, 6.07) is 4.36. The number of aromatic nitrogens is 1. The van der Waals surface area contributed by atoms with E-state index in [1.807, 2.05) is 30.5 Å². The lowest BCUT2D eigenvalue weighted by Gasteiger charge is -2.21. The van der Waals surface area contributed by atoms with Crippen LogP contribution in [0.1, 0.15) is 18.9 Å². The fourth-order valence-corrected chi connectivity index (χ4v) is 3.25. The fourth-order valence-electron chi connectivity index (χ4n) is 2.76. The van der Waals surface area contributed by atoms with Crippen LogP contribution in [0, 0.1) is 0 Å². The highest BCUT2D eigenvalue weighted by Crippen LogP contribution is 2.19. The van der Waals surface area contributed by atoms with Crippen molar-refractivity contribution in [3.8, 4) is 0 Å². The number of para-hydroxylation sites is 1. The Balaban J connectivity index is 1.87. The van der Waals surface area contributed by atoms with Crippen LogP contribution in [-0.2, 0) is 30.3 Å². The van der Waals surface area contributed by atoms with Crippen LogP contribution < -0.4 is 17.2 Å². The van der Waals surface area contributed by atoms with Crippen molar-refractivity contribution in [2.75, 3.05) is 12.0 Å². The maximum atomic E-state index is 12.2. The Labute approximate surface area is 179 Å². The van der Waals surface area contributed by atoms with E-state index < -0.39 is 42.1 Å². The van der Waals surface area contributed by atoms with Crippen molar-refractivity contribution in [2.24, 2.45) is 17.2 Å². The first-order chi connectivity index (χ1) is 14.2. The van der Waals surface area contributed by atoms with Gasteiger partial charge in [-0.2, -0.15) is 11.8 Å². The van der Waals surface area contributed by atoms with Gasteiger partial charge in [0.05, 0.1) is 0 Å². The van der Waals surface area contributed by atoms with Gasteiger partial charge >= 0.3 is 17.9 Å². The lowest BCUT2D eigenvalue weighted by atomic mass is 10.1. The molecule has 1 heterocycles. The predicted octanol–water partition coefficient (Wildman–Crippen LogP) is 0.447. The van der Waals surface area contributed by atoms with Crippen LogP contribution in [-0.4, -0.2) is 59.1 Å². The number of thioether (sulfide) groups is 1. The summed E-state index contributed by atoms with van der Waals surface area (Å²) in [6.07, 6.45) is 3.26. The molecule has 2 rings (SSSR count). The normalized spacial score (nSPS) is 15.2. The lowest BCUT2D eigenvalue weighted by molar-refractivity contribution is -0.165. The molecule has 9 nitrogen and oxygen atoms in total. The summed E-state index contributed by atoms with van der Waals surface area (Å²) in [4.78, 5) is 39.4. The Morgan fingerprint density at radius 2 is 1.77 bits per heavy atom. The molecule has 30 heavy (non-hydrogen) atoms. The number of carbonyl (C=O) groups is 3. The van der Waals surface area contributed by atoms with E-state index in [1.54, 1.807) is 18.0 Å². The predicted molar refractivity (Wildman–Crippen MR) is 116 cm³/mol. The van der Waals surface area contributed by atoms with Crippen LogP contribution in [0.5, 0.6) is 0 Å². The van der Waals surface area contributed by atoms with E-state index in [4.69, 9.17) is 26.7 Å². The Bertz CT molecular complexity index is 887. The first-order valence-corrected chi connectivity index (χ1v) is 10.9. The van der Waals surface area contributed by atoms with Crippen LogP contribution in [0.25, 0.3) is 10.9 Å². The second-order valence-corrected chi connectivity index (χ2v) is 7.95. The summed E-state index contributed by atoms with van der Waals surface area (Å²) in [5.41, 5.74) is 19.2. The summed E-state index contributed by atoms with van der Waals surface area (Å²) in [6.45, 7) is 1.43. The second kappa shape index (κ2) is 11.1. The molecule has 0 fully saturated rings. The highest BCUT2D eigenvalue weighted by Gasteiger charge is 2.30. The molecule has 0 unspecified atom stereocenters. The number of H-pyrrole nitrogens is 1. The molecular formula is C20H28N4O5S. The quantitative estimate of drug-likeness (QED) is 0.306. The molecule has 0 spiro atoms. The summed E-state index contributed by atoms with van der Waals surface area (Å²) in [5, 5.41) is 0.933. The molecule has 0 bridgehead atoms. The maximum absolute atomic E-state index is 12.2. The molecule has 1 aromatic carbocycles. The highest BCUT2D eigenvalue weighted by atomic mass is 32.2. The van der Waals surface area contributed by atoms with E-state index in [2.05, 4.69) is 4.98 Å². The summed E-state index contributed by atoms with van der Waals surface area (Å²) < 4.78 is 9.92. The number of nitrogens with one attached hydrogen (secondary N) is 1. The van der Waals surface area contributed by atoms with Gasteiger partial charge in [-0.25, -0.2) is 9.59 Å². The van der Waals surface area contributed by atoms with E-state index in [1.165, 1.54) is 6.92 Å². The number of benzene rings is 1. The van der Waals surface area contributed by atoms with E-state index >= 15 is 0 Å². The third kappa shape index (κ3) is 6.30. The van der Waals surface area contributed by atoms with Gasteiger partial charge in [-0.1, -0.05) is 18.2 Å². The largest absolute Gasteiger partial charge is 0.459 e. The number of fused-ring (bicyclic) bond motifs is 1. The third-order valence-corrected chi connectivity index (χ3v) is 5.28. The molecule has 0 radical (unpaired) electrons. The Kier molecular flexibility index (Phi) is 8.85. The molecule has 4 atom stereocenters. The van der Waals surface area contributed by atoms with Gasteiger partial charge in [-0.05, 0) is 37.0 Å². The molecule has 0 aliphatic rings. The zero-order valence-electron chi connectivity index (χ0n) is 17.0. The van der Waals surface area contributed by atoms with Gasteiger partial charge in [0.25, 0.3) is 0 Å².